The monoisotopic (exact) mass is 305 g/mol. The minimum atomic E-state index is 0.283. The molecule has 1 atom stereocenters. The van der Waals surface area contributed by atoms with Gasteiger partial charge in [0, 0.05) is 34.7 Å². The van der Waals surface area contributed by atoms with Crippen LogP contribution in [0.25, 0.3) is 11.4 Å². The van der Waals surface area contributed by atoms with Crippen molar-refractivity contribution in [2.45, 2.75) is 32.4 Å². The number of nitrogens with zero attached hydrogens (tertiary/aromatic N) is 2. The first-order valence-corrected chi connectivity index (χ1v) is 7.02. The van der Waals surface area contributed by atoms with Gasteiger partial charge in [-0.15, -0.1) is 0 Å². The van der Waals surface area contributed by atoms with E-state index in [1.54, 1.807) is 0 Å². The Bertz CT molecular complexity index is 571. The van der Waals surface area contributed by atoms with E-state index in [2.05, 4.69) is 51.7 Å². The number of rotatable bonds is 1. The highest BCUT2D eigenvalue weighted by atomic mass is 79.9. The van der Waals surface area contributed by atoms with E-state index in [4.69, 9.17) is 10.7 Å². The van der Waals surface area contributed by atoms with Crippen LogP contribution in [-0.2, 0) is 13.0 Å². The number of fused-ring (bicyclic) bond motifs is 1. The Hall–Kier alpha value is -1.13. The molecule has 18 heavy (non-hydrogen) atoms. The Morgan fingerprint density at radius 3 is 2.78 bits per heavy atom. The Morgan fingerprint density at radius 2 is 2.06 bits per heavy atom. The number of halogens is 1. The normalized spacial score (nSPS) is 18.7. The van der Waals surface area contributed by atoms with E-state index in [1.165, 1.54) is 11.3 Å². The zero-order valence-corrected chi connectivity index (χ0v) is 11.9. The van der Waals surface area contributed by atoms with Gasteiger partial charge in [0.2, 0.25) is 0 Å². The summed E-state index contributed by atoms with van der Waals surface area (Å²) in [4.78, 5) is 4.72. The highest BCUT2D eigenvalue weighted by Crippen LogP contribution is 2.27. The Morgan fingerprint density at radius 1 is 1.33 bits per heavy atom. The first-order chi connectivity index (χ1) is 8.65. The zero-order chi connectivity index (χ0) is 12.7. The van der Waals surface area contributed by atoms with E-state index in [9.17, 15) is 0 Å². The van der Waals surface area contributed by atoms with E-state index in [0.717, 1.165) is 35.4 Å². The van der Waals surface area contributed by atoms with Gasteiger partial charge in [0.25, 0.3) is 0 Å². The van der Waals surface area contributed by atoms with Crippen molar-refractivity contribution < 1.29 is 0 Å². The Kier molecular flexibility index (Phi) is 2.99. The first-order valence-electron chi connectivity index (χ1n) is 6.22. The van der Waals surface area contributed by atoms with Gasteiger partial charge in [0.05, 0.1) is 5.69 Å². The van der Waals surface area contributed by atoms with Gasteiger partial charge in [-0.2, -0.15) is 0 Å². The van der Waals surface area contributed by atoms with Crippen LogP contribution in [0.5, 0.6) is 0 Å². The molecule has 1 aliphatic rings. The molecule has 3 rings (SSSR count). The predicted molar refractivity (Wildman–Crippen MR) is 76.4 cm³/mol. The molecule has 3 nitrogen and oxygen atoms in total. The molecule has 0 amide bonds. The van der Waals surface area contributed by atoms with Crippen molar-refractivity contribution in [3.05, 3.63) is 40.1 Å². The second-order valence-corrected chi connectivity index (χ2v) is 5.79. The predicted octanol–water partition coefficient (Wildman–Crippen LogP) is 2.89. The van der Waals surface area contributed by atoms with Crippen LogP contribution < -0.4 is 5.73 Å². The average Bonchev–Trinajstić information content (AvgIpc) is 2.68. The van der Waals surface area contributed by atoms with Crippen LogP contribution in [0.15, 0.2) is 28.7 Å². The summed E-state index contributed by atoms with van der Waals surface area (Å²) >= 11 is 3.46. The van der Waals surface area contributed by atoms with E-state index in [-0.39, 0.29) is 6.04 Å². The molecule has 1 aromatic heterocycles. The summed E-state index contributed by atoms with van der Waals surface area (Å²) in [6.45, 7) is 3.05. The lowest BCUT2D eigenvalue weighted by molar-refractivity contribution is 0.473. The molecule has 1 unspecified atom stereocenters. The average molecular weight is 306 g/mol. The molecule has 2 N–H and O–H groups in total. The number of imidazole rings is 1. The van der Waals surface area contributed by atoms with Crippen LogP contribution in [0.2, 0.25) is 0 Å². The van der Waals surface area contributed by atoms with Crippen LogP contribution in [0, 0.1) is 6.92 Å². The number of hydrogen-bond donors (Lipinski definition) is 1. The molecular weight excluding hydrogens is 290 g/mol. The molecule has 0 fully saturated rings. The molecule has 0 radical (unpaired) electrons. The van der Waals surface area contributed by atoms with E-state index in [1.807, 2.05) is 0 Å². The van der Waals surface area contributed by atoms with Crippen molar-refractivity contribution in [2.75, 3.05) is 0 Å². The lowest BCUT2D eigenvalue weighted by Crippen LogP contribution is -2.31. The summed E-state index contributed by atoms with van der Waals surface area (Å²) in [7, 11) is 0. The van der Waals surface area contributed by atoms with Crippen LogP contribution in [0.4, 0.5) is 0 Å². The minimum absolute atomic E-state index is 0.283. The number of nitrogens with two attached hydrogens (primary N) is 1. The fourth-order valence-corrected chi connectivity index (χ4v) is 2.83. The maximum atomic E-state index is 6.04. The smallest absolute Gasteiger partial charge is 0.140 e. The largest absolute Gasteiger partial charge is 0.328 e. The Balaban J connectivity index is 2.08. The number of hydrogen-bond acceptors (Lipinski definition) is 2. The molecule has 0 saturated heterocycles. The van der Waals surface area contributed by atoms with E-state index in [0.29, 0.717) is 0 Å². The third kappa shape index (κ3) is 1.99. The van der Waals surface area contributed by atoms with E-state index >= 15 is 0 Å². The number of aryl methyl sites for hydroxylation is 1. The van der Waals surface area contributed by atoms with Crippen molar-refractivity contribution in [1.29, 1.82) is 0 Å². The molecule has 2 heterocycles. The SMILES string of the molecule is Cc1nc(-c2ccc(Br)cc2)n2c1CC(N)CC2. The van der Waals surface area contributed by atoms with Gasteiger partial charge < -0.3 is 10.3 Å². The van der Waals surface area contributed by atoms with Crippen LogP contribution in [-0.4, -0.2) is 15.6 Å². The third-order valence-electron chi connectivity index (χ3n) is 3.55. The number of aromatic nitrogens is 2. The van der Waals surface area contributed by atoms with Gasteiger partial charge >= 0.3 is 0 Å². The van der Waals surface area contributed by atoms with Crippen LogP contribution in [0.3, 0.4) is 0 Å². The van der Waals surface area contributed by atoms with Crippen molar-refractivity contribution in [3.8, 4) is 11.4 Å². The summed E-state index contributed by atoms with van der Waals surface area (Å²) in [6.07, 6.45) is 1.97. The van der Waals surface area contributed by atoms with Crippen molar-refractivity contribution >= 4 is 15.9 Å². The molecule has 1 aromatic carbocycles. The Labute approximate surface area is 115 Å². The lowest BCUT2D eigenvalue weighted by Gasteiger charge is -2.22. The second kappa shape index (κ2) is 4.52. The third-order valence-corrected chi connectivity index (χ3v) is 4.08. The van der Waals surface area contributed by atoms with E-state index < -0.39 is 0 Å². The fourth-order valence-electron chi connectivity index (χ4n) is 2.57. The van der Waals surface area contributed by atoms with Crippen LogP contribution >= 0.6 is 15.9 Å². The van der Waals surface area contributed by atoms with Gasteiger partial charge in [-0.25, -0.2) is 4.98 Å². The molecule has 1 aliphatic heterocycles. The molecule has 94 valence electrons. The van der Waals surface area contributed by atoms with Crippen molar-refractivity contribution in [2.24, 2.45) is 5.73 Å². The van der Waals surface area contributed by atoms with Gasteiger partial charge in [-0.05, 0) is 25.5 Å². The highest BCUT2D eigenvalue weighted by Gasteiger charge is 2.22. The van der Waals surface area contributed by atoms with Gasteiger partial charge in [0.15, 0.2) is 0 Å². The number of benzene rings is 1. The molecule has 0 bridgehead atoms. The fraction of sp³-hybridized carbons (Fsp3) is 0.357. The highest BCUT2D eigenvalue weighted by molar-refractivity contribution is 9.10. The van der Waals surface area contributed by atoms with Gasteiger partial charge in [0.1, 0.15) is 5.82 Å². The molecule has 0 spiro atoms. The zero-order valence-electron chi connectivity index (χ0n) is 10.4. The second-order valence-electron chi connectivity index (χ2n) is 4.88. The summed E-state index contributed by atoms with van der Waals surface area (Å²) in [5.41, 5.74) is 9.62. The standard InChI is InChI=1S/C14H16BrN3/c1-9-13-8-12(16)6-7-18(13)14(17-9)10-2-4-11(15)5-3-10/h2-5,12H,6-8,16H2,1H3. The van der Waals surface area contributed by atoms with Crippen LogP contribution in [0.1, 0.15) is 17.8 Å². The molecule has 4 heteroatoms. The summed E-state index contributed by atoms with van der Waals surface area (Å²) in [5.74, 6) is 1.07. The van der Waals surface area contributed by atoms with Gasteiger partial charge in [-0.3, -0.25) is 0 Å². The summed E-state index contributed by atoms with van der Waals surface area (Å²) < 4.78 is 3.41. The minimum Gasteiger partial charge on any atom is -0.328 e. The maximum absolute atomic E-state index is 6.04. The molecule has 2 aromatic rings. The molecule has 0 saturated carbocycles. The topological polar surface area (TPSA) is 43.8 Å². The lowest BCUT2D eigenvalue weighted by atomic mass is 10.0. The van der Waals surface area contributed by atoms with Crippen molar-refractivity contribution in [1.82, 2.24) is 9.55 Å². The quantitative estimate of drug-likeness (QED) is 0.880. The first kappa shape index (κ1) is 11.9. The summed E-state index contributed by atoms with van der Waals surface area (Å²) in [5, 5.41) is 0. The van der Waals surface area contributed by atoms with Crippen molar-refractivity contribution in [3.63, 3.8) is 0 Å². The van der Waals surface area contributed by atoms with Gasteiger partial charge in [-0.1, -0.05) is 28.1 Å². The molecule has 0 aliphatic carbocycles. The summed E-state index contributed by atoms with van der Waals surface area (Å²) in [6, 6.07) is 8.61. The molecular formula is C14H16BrN3. The maximum Gasteiger partial charge on any atom is 0.140 e.